The summed E-state index contributed by atoms with van der Waals surface area (Å²) in [4.78, 5) is 4.19. The fraction of sp³-hybridized carbons (Fsp3) is 0.200. The largest absolute Gasteiger partial charge is 0.354 e. The Morgan fingerprint density at radius 3 is 3.00 bits per heavy atom. The Morgan fingerprint density at radius 2 is 2.29 bits per heavy atom. The highest BCUT2D eigenvalue weighted by molar-refractivity contribution is 5.55. The van der Waals surface area contributed by atoms with Gasteiger partial charge >= 0.3 is 0 Å². The van der Waals surface area contributed by atoms with Crippen molar-refractivity contribution in [2.24, 2.45) is 5.73 Å². The molecule has 4 heteroatoms. The second kappa shape index (κ2) is 4.02. The summed E-state index contributed by atoms with van der Waals surface area (Å²) >= 11 is 0. The Hall–Kier alpha value is -1.68. The highest BCUT2D eigenvalue weighted by Crippen LogP contribution is 2.20. The molecule has 2 heterocycles. The van der Waals surface area contributed by atoms with Gasteiger partial charge in [-0.05, 0) is 25.1 Å². The first-order chi connectivity index (χ1) is 6.92. The first-order valence-electron chi connectivity index (χ1n) is 4.47. The number of pyridine rings is 1. The van der Waals surface area contributed by atoms with Gasteiger partial charge in [0.25, 0.3) is 0 Å². The minimum absolute atomic E-state index is 0.584. The Kier molecular flexibility index (Phi) is 2.55. The van der Waals surface area contributed by atoms with Crippen LogP contribution >= 0.6 is 0 Å². The molecule has 0 amide bonds. The molecular weight excluding hydrogens is 178 g/mol. The van der Waals surface area contributed by atoms with E-state index >= 15 is 0 Å². The molecule has 0 saturated carbocycles. The van der Waals surface area contributed by atoms with Crippen molar-refractivity contribution < 1.29 is 4.52 Å². The molecule has 4 nitrogen and oxygen atoms in total. The summed E-state index contributed by atoms with van der Waals surface area (Å²) in [6.07, 6.45) is 4.18. The van der Waals surface area contributed by atoms with Crippen LogP contribution in [0.5, 0.6) is 0 Å². The molecule has 0 bridgehead atoms. The minimum Gasteiger partial charge on any atom is -0.354 e. The fourth-order valence-electron chi connectivity index (χ4n) is 1.30. The van der Waals surface area contributed by atoms with Gasteiger partial charge in [0.15, 0.2) is 5.76 Å². The molecular formula is C10H11N3O. The molecule has 0 radical (unpaired) electrons. The van der Waals surface area contributed by atoms with Gasteiger partial charge < -0.3 is 10.3 Å². The lowest BCUT2D eigenvalue weighted by molar-refractivity contribution is 0.430. The lowest BCUT2D eigenvalue weighted by atomic mass is 10.1. The summed E-state index contributed by atoms with van der Waals surface area (Å²) in [6.45, 7) is 0.584. The van der Waals surface area contributed by atoms with Gasteiger partial charge in [-0.1, -0.05) is 11.2 Å². The molecule has 0 atom stereocenters. The zero-order chi connectivity index (χ0) is 9.80. The van der Waals surface area contributed by atoms with Crippen molar-refractivity contribution in [1.29, 1.82) is 0 Å². The molecule has 0 aliphatic carbocycles. The van der Waals surface area contributed by atoms with E-state index in [1.807, 2.05) is 18.2 Å². The average molecular weight is 189 g/mol. The molecule has 2 N–H and O–H groups in total. The minimum atomic E-state index is 0.584. The summed E-state index contributed by atoms with van der Waals surface area (Å²) in [5, 5.41) is 3.75. The van der Waals surface area contributed by atoms with E-state index in [4.69, 9.17) is 10.3 Å². The van der Waals surface area contributed by atoms with Crippen LogP contribution in [-0.4, -0.2) is 16.7 Å². The summed E-state index contributed by atoms with van der Waals surface area (Å²) < 4.78 is 5.14. The maximum absolute atomic E-state index is 5.48. The van der Waals surface area contributed by atoms with Gasteiger partial charge in [-0.25, -0.2) is 0 Å². The summed E-state index contributed by atoms with van der Waals surface area (Å²) in [6, 6.07) is 5.67. The monoisotopic (exact) mass is 189 g/mol. The zero-order valence-electron chi connectivity index (χ0n) is 7.68. The fourth-order valence-corrected chi connectivity index (χ4v) is 1.30. The van der Waals surface area contributed by atoms with Crippen molar-refractivity contribution in [3.05, 3.63) is 36.2 Å². The van der Waals surface area contributed by atoms with Crippen LogP contribution in [0.15, 0.2) is 35.1 Å². The van der Waals surface area contributed by atoms with E-state index in [1.165, 1.54) is 0 Å². The molecule has 0 aliphatic heterocycles. The number of aromatic nitrogens is 2. The standard InChI is InChI=1S/C10H11N3O/c11-5-4-8-7-13-14-10(8)9-3-1-2-6-12-9/h1-3,6-7H,4-5,11H2. The zero-order valence-corrected chi connectivity index (χ0v) is 7.68. The Balaban J connectivity index is 2.37. The molecule has 0 unspecified atom stereocenters. The number of hydrogen-bond acceptors (Lipinski definition) is 4. The van der Waals surface area contributed by atoms with Crippen LogP contribution in [0.4, 0.5) is 0 Å². The third kappa shape index (κ3) is 1.65. The van der Waals surface area contributed by atoms with Crippen LogP contribution in [0.3, 0.4) is 0 Å². The number of nitrogens with zero attached hydrogens (tertiary/aromatic N) is 2. The lowest BCUT2D eigenvalue weighted by Crippen LogP contribution is -2.02. The highest BCUT2D eigenvalue weighted by atomic mass is 16.5. The van der Waals surface area contributed by atoms with Crippen molar-refractivity contribution in [3.8, 4) is 11.5 Å². The molecule has 2 rings (SSSR count). The average Bonchev–Trinajstić information content (AvgIpc) is 2.68. The van der Waals surface area contributed by atoms with Crippen molar-refractivity contribution in [2.75, 3.05) is 6.54 Å². The first kappa shape index (κ1) is 8.90. The molecule has 0 fully saturated rings. The van der Waals surface area contributed by atoms with Crippen molar-refractivity contribution in [1.82, 2.24) is 10.1 Å². The smallest absolute Gasteiger partial charge is 0.188 e. The lowest BCUT2D eigenvalue weighted by Gasteiger charge is -1.97. The van der Waals surface area contributed by atoms with E-state index in [9.17, 15) is 0 Å². The van der Waals surface area contributed by atoms with Gasteiger partial charge in [0.2, 0.25) is 0 Å². The van der Waals surface area contributed by atoms with Crippen LogP contribution < -0.4 is 5.73 Å². The molecule has 0 aromatic carbocycles. The van der Waals surface area contributed by atoms with Crippen LogP contribution in [-0.2, 0) is 6.42 Å². The first-order valence-corrected chi connectivity index (χ1v) is 4.47. The van der Waals surface area contributed by atoms with Crippen molar-refractivity contribution in [2.45, 2.75) is 6.42 Å². The van der Waals surface area contributed by atoms with E-state index in [-0.39, 0.29) is 0 Å². The second-order valence-corrected chi connectivity index (χ2v) is 2.93. The van der Waals surface area contributed by atoms with Crippen LogP contribution in [0.1, 0.15) is 5.56 Å². The summed E-state index contributed by atoms with van der Waals surface area (Å²) in [7, 11) is 0. The van der Waals surface area contributed by atoms with E-state index in [1.54, 1.807) is 12.4 Å². The van der Waals surface area contributed by atoms with E-state index in [2.05, 4.69) is 10.1 Å². The molecule has 14 heavy (non-hydrogen) atoms. The molecule has 0 spiro atoms. The third-order valence-electron chi connectivity index (χ3n) is 1.96. The van der Waals surface area contributed by atoms with Gasteiger partial charge in [-0.15, -0.1) is 0 Å². The molecule has 2 aromatic heterocycles. The van der Waals surface area contributed by atoms with Gasteiger partial charge in [0.1, 0.15) is 5.69 Å². The maximum Gasteiger partial charge on any atom is 0.188 e. The predicted octanol–water partition coefficient (Wildman–Crippen LogP) is 1.24. The summed E-state index contributed by atoms with van der Waals surface area (Å²) in [5.41, 5.74) is 7.28. The Bertz CT molecular complexity index is 397. The van der Waals surface area contributed by atoms with Crippen LogP contribution in [0.25, 0.3) is 11.5 Å². The summed E-state index contributed by atoms with van der Waals surface area (Å²) in [5.74, 6) is 0.719. The second-order valence-electron chi connectivity index (χ2n) is 2.93. The maximum atomic E-state index is 5.48. The topological polar surface area (TPSA) is 64.9 Å². The normalized spacial score (nSPS) is 10.4. The van der Waals surface area contributed by atoms with Crippen LogP contribution in [0.2, 0.25) is 0 Å². The third-order valence-corrected chi connectivity index (χ3v) is 1.96. The Labute approximate surface area is 81.7 Å². The van der Waals surface area contributed by atoms with Crippen LogP contribution in [0, 0.1) is 0 Å². The quantitative estimate of drug-likeness (QED) is 0.788. The van der Waals surface area contributed by atoms with E-state index in [0.717, 1.165) is 23.4 Å². The van der Waals surface area contributed by atoms with Gasteiger partial charge in [0.05, 0.1) is 6.20 Å². The molecule has 72 valence electrons. The Morgan fingerprint density at radius 1 is 1.36 bits per heavy atom. The van der Waals surface area contributed by atoms with Gasteiger partial charge in [0, 0.05) is 11.8 Å². The van der Waals surface area contributed by atoms with Gasteiger partial charge in [-0.3, -0.25) is 4.98 Å². The SMILES string of the molecule is NCCc1cnoc1-c1ccccn1. The molecule has 2 aromatic rings. The molecule has 0 saturated heterocycles. The number of nitrogens with two attached hydrogens (primary N) is 1. The van der Waals surface area contributed by atoms with Crippen molar-refractivity contribution >= 4 is 0 Å². The van der Waals surface area contributed by atoms with Gasteiger partial charge in [-0.2, -0.15) is 0 Å². The highest BCUT2D eigenvalue weighted by Gasteiger charge is 2.10. The number of hydrogen-bond donors (Lipinski definition) is 1. The van der Waals surface area contributed by atoms with Crippen molar-refractivity contribution in [3.63, 3.8) is 0 Å². The predicted molar refractivity (Wildman–Crippen MR) is 52.5 cm³/mol. The number of rotatable bonds is 3. The van der Waals surface area contributed by atoms with E-state index < -0.39 is 0 Å². The van der Waals surface area contributed by atoms with E-state index in [0.29, 0.717) is 6.54 Å². The molecule has 0 aliphatic rings.